The molecule has 6 heteroatoms. The second-order valence-corrected chi connectivity index (χ2v) is 6.83. The fourth-order valence-electron chi connectivity index (χ4n) is 2.02. The molecular formula is C17H18BrNO3S. The van der Waals surface area contributed by atoms with E-state index in [1.165, 1.54) is 0 Å². The molecule has 0 aliphatic heterocycles. The van der Waals surface area contributed by atoms with Crippen molar-refractivity contribution in [3.63, 3.8) is 0 Å². The molecule has 1 atom stereocenters. The Bertz CT molecular complexity index is 640. The summed E-state index contributed by atoms with van der Waals surface area (Å²) in [5.41, 5.74) is 2.10. The molecule has 0 saturated heterocycles. The molecule has 0 radical (unpaired) electrons. The lowest BCUT2D eigenvalue weighted by molar-refractivity contribution is -0.148. The van der Waals surface area contributed by atoms with Crippen molar-refractivity contribution < 1.29 is 14.3 Å². The molecule has 1 N–H and O–H groups in total. The zero-order valence-corrected chi connectivity index (χ0v) is 15.2. The molecule has 0 unspecified atom stereocenters. The van der Waals surface area contributed by atoms with Gasteiger partial charge in [-0.05, 0) is 53.4 Å². The van der Waals surface area contributed by atoms with Gasteiger partial charge >= 0.3 is 5.97 Å². The number of thiophene rings is 1. The Labute approximate surface area is 148 Å². The van der Waals surface area contributed by atoms with Crippen LogP contribution in [0.2, 0.25) is 0 Å². The Kier molecular flexibility index (Phi) is 6.80. The Morgan fingerprint density at radius 2 is 2.00 bits per heavy atom. The van der Waals surface area contributed by atoms with Crippen LogP contribution in [0.1, 0.15) is 30.5 Å². The predicted molar refractivity (Wildman–Crippen MR) is 94.3 cm³/mol. The highest BCUT2D eigenvalue weighted by molar-refractivity contribution is 9.10. The minimum absolute atomic E-state index is 0.139. The van der Waals surface area contributed by atoms with E-state index >= 15 is 0 Å². The highest BCUT2D eigenvalue weighted by Gasteiger charge is 2.12. The normalized spacial score (nSPS) is 11.7. The van der Waals surface area contributed by atoms with Gasteiger partial charge in [-0.25, -0.2) is 0 Å². The van der Waals surface area contributed by atoms with Gasteiger partial charge in [0.2, 0.25) is 0 Å². The van der Waals surface area contributed by atoms with Crippen molar-refractivity contribution in [2.24, 2.45) is 0 Å². The van der Waals surface area contributed by atoms with E-state index in [0.717, 1.165) is 15.6 Å². The Hall–Kier alpha value is -1.66. The van der Waals surface area contributed by atoms with Gasteiger partial charge in [-0.3, -0.25) is 9.59 Å². The number of esters is 1. The Balaban J connectivity index is 1.69. The first-order chi connectivity index (χ1) is 11.0. The zero-order valence-electron chi connectivity index (χ0n) is 12.8. The lowest BCUT2D eigenvalue weighted by atomic mass is 10.1. The first-order valence-corrected chi connectivity index (χ1v) is 8.99. The maximum atomic E-state index is 11.8. The Morgan fingerprint density at radius 3 is 2.65 bits per heavy atom. The molecule has 0 bridgehead atoms. The number of nitrogens with one attached hydrogen (secondary N) is 1. The fraction of sp³-hybridized carbons (Fsp3) is 0.294. The predicted octanol–water partition coefficient (Wildman–Crippen LogP) is 3.86. The van der Waals surface area contributed by atoms with Crippen molar-refractivity contribution in [1.82, 2.24) is 5.32 Å². The van der Waals surface area contributed by atoms with E-state index in [9.17, 15) is 9.59 Å². The molecule has 4 nitrogen and oxygen atoms in total. The summed E-state index contributed by atoms with van der Waals surface area (Å²) in [7, 11) is 0. The number of amides is 1. The molecule has 122 valence electrons. The van der Waals surface area contributed by atoms with Crippen LogP contribution in [0, 0.1) is 0 Å². The van der Waals surface area contributed by atoms with Crippen LogP contribution in [0.15, 0.2) is 45.6 Å². The summed E-state index contributed by atoms with van der Waals surface area (Å²) >= 11 is 4.97. The minimum Gasteiger partial charge on any atom is -0.456 e. The summed E-state index contributed by atoms with van der Waals surface area (Å²) in [4.78, 5) is 23.5. The molecule has 2 rings (SSSR count). The number of ether oxygens (including phenoxy) is 1. The van der Waals surface area contributed by atoms with Crippen LogP contribution in [0.25, 0.3) is 0 Å². The molecule has 1 aromatic carbocycles. The van der Waals surface area contributed by atoms with E-state index in [1.807, 2.05) is 48.0 Å². The quantitative estimate of drug-likeness (QED) is 0.723. The van der Waals surface area contributed by atoms with E-state index in [4.69, 9.17) is 4.74 Å². The van der Waals surface area contributed by atoms with Crippen LogP contribution in [-0.4, -0.2) is 18.5 Å². The van der Waals surface area contributed by atoms with Crippen LogP contribution >= 0.6 is 27.3 Å². The summed E-state index contributed by atoms with van der Waals surface area (Å²) < 4.78 is 5.99. The second kappa shape index (κ2) is 8.84. The maximum absolute atomic E-state index is 11.8. The van der Waals surface area contributed by atoms with Crippen LogP contribution in [-0.2, 0) is 20.7 Å². The van der Waals surface area contributed by atoms with Crippen LogP contribution in [0.4, 0.5) is 0 Å². The number of benzene rings is 1. The molecule has 23 heavy (non-hydrogen) atoms. The van der Waals surface area contributed by atoms with Gasteiger partial charge in [0.05, 0.1) is 6.04 Å². The molecule has 1 heterocycles. The average Bonchev–Trinajstić information content (AvgIpc) is 3.05. The van der Waals surface area contributed by atoms with Crippen molar-refractivity contribution in [3.05, 3.63) is 56.7 Å². The Morgan fingerprint density at radius 1 is 1.26 bits per heavy atom. The number of halogens is 1. The van der Waals surface area contributed by atoms with Gasteiger partial charge in [0, 0.05) is 10.9 Å². The van der Waals surface area contributed by atoms with E-state index in [-0.39, 0.29) is 30.9 Å². The summed E-state index contributed by atoms with van der Waals surface area (Å²) in [5, 5.41) is 6.78. The van der Waals surface area contributed by atoms with E-state index in [1.54, 1.807) is 11.3 Å². The van der Waals surface area contributed by atoms with Gasteiger partial charge in [0.1, 0.15) is 0 Å². The molecule has 1 aromatic heterocycles. The molecule has 0 fully saturated rings. The molecule has 0 spiro atoms. The molecule has 0 aliphatic carbocycles. The topological polar surface area (TPSA) is 55.4 Å². The van der Waals surface area contributed by atoms with Crippen molar-refractivity contribution in [3.8, 4) is 0 Å². The highest BCUT2D eigenvalue weighted by atomic mass is 79.9. The number of rotatable bonds is 7. The van der Waals surface area contributed by atoms with Crippen LogP contribution in [0.3, 0.4) is 0 Å². The zero-order chi connectivity index (χ0) is 16.7. The third-order valence-electron chi connectivity index (χ3n) is 3.31. The van der Waals surface area contributed by atoms with Crippen molar-refractivity contribution in [2.45, 2.75) is 25.8 Å². The largest absolute Gasteiger partial charge is 0.456 e. The molecule has 2 aromatic rings. The third-order valence-corrected chi connectivity index (χ3v) is 4.57. The van der Waals surface area contributed by atoms with Crippen molar-refractivity contribution >= 4 is 39.1 Å². The van der Waals surface area contributed by atoms with Gasteiger partial charge in [0.15, 0.2) is 6.61 Å². The van der Waals surface area contributed by atoms with Crippen LogP contribution < -0.4 is 5.32 Å². The van der Waals surface area contributed by atoms with Gasteiger partial charge in [-0.15, -0.1) is 0 Å². The highest BCUT2D eigenvalue weighted by Crippen LogP contribution is 2.16. The number of carbonyl (C=O) groups excluding carboxylic acids is 2. The molecular weight excluding hydrogens is 378 g/mol. The van der Waals surface area contributed by atoms with E-state index in [0.29, 0.717) is 6.42 Å². The minimum atomic E-state index is -0.359. The summed E-state index contributed by atoms with van der Waals surface area (Å²) in [6.45, 7) is 1.64. The van der Waals surface area contributed by atoms with Gasteiger partial charge in [-0.2, -0.15) is 11.3 Å². The monoisotopic (exact) mass is 395 g/mol. The summed E-state index contributed by atoms with van der Waals surface area (Å²) in [6, 6.07) is 9.54. The fourth-order valence-corrected chi connectivity index (χ4v) is 2.98. The average molecular weight is 396 g/mol. The number of hydrogen-bond acceptors (Lipinski definition) is 4. The first kappa shape index (κ1) is 17.7. The number of aryl methyl sites for hydroxylation is 1. The van der Waals surface area contributed by atoms with Gasteiger partial charge in [0.25, 0.3) is 5.91 Å². The summed E-state index contributed by atoms with van der Waals surface area (Å²) in [5.74, 6) is -0.660. The number of carbonyl (C=O) groups is 2. The van der Waals surface area contributed by atoms with E-state index < -0.39 is 0 Å². The standard InChI is InChI=1S/C17H18BrNO3S/c1-12(14-3-5-15(18)6-4-14)19-16(20)10-22-17(21)7-2-13-8-9-23-11-13/h3-6,8-9,11-12H,2,7,10H2,1H3,(H,19,20)/t12-/m0/s1. The van der Waals surface area contributed by atoms with Gasteiger partial charge < -0.3 is 10.1 Å². The smallest absolute Gasteiger partial charge is 0.306 e. The maximum Gasteiger partial charge on any atom is 0.306 e. The number of hydrogen-bond donors (Lipinski definition) is 1. The van der Waals surface area contributed by atoms with E-state index in [2.05, 4.69) is 21.2 Å². The van der Waals surface area contributed by atoms with Gasteiger partial charge in [-0.1, -0.05) is 28.1 Å². The third kappa shape index (κ3) is 6.15. The van der Waals surface area contributed by atoms with Crippen LogP contribution in [0.5, 0.6) is 0 Å². The second-order valence-electron chi connectivity index (χ2n) is 5.13. The van der Waals surface area contributed by atoms with Crippen molar-refractivity contribution in [2.75, 3.05) is 6.61 Å². The first-order valence-electron chi connectivity index (χ1n) is 7.26. The molecule has 1 amide bonds. The molecule has 0 saturated carbocycles. The molecule has 0 aliphatic rings. The lowest BCUT2D eigenvalue weighted by Crippen LogP contribution is -2.31. The SMILES string of the molecule is C[C@H](NC(=O)COC(=O)CCc1ccsc1)c1ccc(Br)cc1. The lowest BCUT2D eigenvalue weighted by Gasteiger charge is -2.14. The summed E-state index contributed by atoms with van der Waals surface area (Å²) in [6.07, 6.45) is 0.922. The van der Waals surface area contributed by atoms with Crippen molar-refractivity contribution in [1.29, 1.82) is 0 Å².